The van der Waals surface area contributed by atoms with Crippen LogP contribution in [-0.2, 0) is 9.53 Å². The molecule has 1 aromatic rings. The van der Waals surface area contributed by atoms with E-state index in [4.69, 9.17) is 9.47 Å². The van der Waals surface area contributed by atoms with E-state index in [0.717, 1.165) is 12.8 Å². The van der Waals surface area contributed by atoms with Crippen LogP contribution in [0.25, 0.3) is 0 Å². The molecule has 1 unspecified atom stereocenters. The molecule has 146 valence electrons. The summed E-state index contributed by atoms with van der Waals surface area (Å²) >= 11 is 0. The predicted molar refractivity (Wildman–Crippen MR) is 98.8 cm³/mol. The summed E-state index contributed by atoms with van der Waals surface area (Å²) in [7, 11) is 0. The normalized spacial score (nSPS) is 26.1. The number of carbonyl (C=O) groups is 2. The molecule has 6 heteroatoms. The van der Waals surface area contributed by atoms with Gasteiger partial charge < -0.3 is 19.5 Å². The number of likely N-dealkylation sites (tertiary alicyclic amines) is 1. The van der Waals surface area contributed by atoms with Crippen molar-refractivity contribution in [1.29, 1.82) is 0 Å². The number of amides is 1. The van der Waals surface area contributed by atoms with Crippen molar-refractivity contribution in [3.63, 3.8) is 0 Å². The maximum atomic E-state index is 13.0. The lowest BCUT2D eigenvalue weighted by molar-refractivity contribution is -0.145. The number of piperidine rings is 1. The van der Waals surface area contributed by atoms with Gasteiger partial charge in [0.05, 0.1) is 24.2 Å². The molecule has 6 nitrogen and oxygen atoms in total. The number of hydrogen-bond acceptors (Lipinski definition) is 4. The van der Waals surface area contributed by atoms with Gasteiger partial charge in [-0.05, 0) is 56.1 Å². The monoisotopic (exact) mass is 373 g/mol. The third-order valence-corrected chi connectivity index (χ3v) is 6.03. The lowest BCUT2D eigenvalue weighted by Crippen LogP contribution is -2.43. The molecule has 3 aliphatic rings. The van der Waals surface area contributed by atoms with Crippen molar-refractivity contribution in [2.24, 2.45) is 17.8 Å². The van der Waals surface area contributed by atoms with Crippen molar-refractivity contribution in [3.05, 3.63) is 29.8 Å². The first-order valence-corrected chi connectivity index (χ1v) is 9.99. The fourth-order valence-electron chi connectivity index (χ4n) is 4.20. The molecular formula is C21H27NO5. The zero-order valence-corrected chi connectivity index (χ0v) is 15.5. The van der Waals surface area contributed by atoms with Crippen molar-refractivity contribution in [2.75, 3.05) is 26.3 Å². The summed E-state index contributed by atoms with van der Waals surface area (Å²) in [5.74, 6) is 0.339. The first kappa shape index (κ1) is 18.3. The van der Waals surface area contributed by atoms with Gasteiger partial charge in [0.2, 0.25) is 0 Å². The maximum Gasteiger partial charge on any atom is 0.309 e. The molecular weight excluding hydrogens is 346 g/mol. The minimum Gasteiger partial charge on any atom is -0.492 e. The van der Waals surface area contributed by atoms with Gasteiger partial charge in [-0.2, -0.15) is 0 Å². The van der Waals surface area contributed by atoms with Crippen molar-refractivity contribution < 1.29 is 24.2 Å². The van der Waals surface area contributed by atoms with E-state index in [1.807, 2.05) is 29.2 Å². The van der Waals surface area contributed by atoms with Crippen LogP contribution >= 0.6 is 0 Å². The van der Waals surface area contributed by atoms with E-state index in [2.05, 4.69) is 0 Å². The summed E-state index contributed by atoms with van der Waals surface area (Å²) in [6.45, 7) is 2.47. The van der Waals surface area contributed by atoms with E-state index in [-0.39, 0.29) is 17.9 Å². The van der Waals surface area contributed by atoms with Crippen molar-refractivity contribution in [3.8, 4) is 5.75 Å². The van der Waals surface area contributed by atoms with Crippen molar-refractivity contribution in [2.45, 2.75) is 38.2 Å². The number of aliphatic carboxylic acids is 1. The Labute approximate surface area is 159 Å². The van der Waals surface area contributed by atoms with Gasteiger partial charge in [0.1, 0.15) is 5.75 Å². The van der Waals surface area contributed by atoms with E-state index in [0.29, 0.717) is 50.0 Å². The van der Waals surface area contributed by atoms with Crippen LogP contribution < -0.4 is 4.74 Å². The Bertz CT molecular complexity index is 694. The molecule has 3 fully saturated rings. The summed E-state index contributed by atoms with van der Waals surface area (Å²) in [6, 6.07) is 7.46. The average molecular weight is 373 g/mol. The van der Waals surface area contributed by atoms with Crippen LogP contribution in [0.4, 0.5) is 0 Å². The van der Waals surface area contributed by atoms with Gasteiger partial charge in [-0.25, -0.2) is 0 Å². The number of carbonyl (C=O) groups excluding carboxylic acids is 1. The zero-order valence-electron chi connectivity index (χ0n) is 15.5. The van der Waals surface area contributed by atoms with Gasteiger partial charge in [-0.3, -0.25) is 9.59 Å². The number of carboxylic acids is 1. The molecule has 1 aromatic carbocycles. The zero-order chi connectivity index (χ0) is 18.8. The summed E-state index contributed by atoms with van der Waals surface area (Å²) in [5, 5.41) is 9.37. The Morgan fingerprint density at radius 1 is 1.11 bits per heavy atom. The molecule has 1 N–H and O–H groups in total. The van der Waals surface area contributed by atoms with Crippen LogP contribution in [0.1, 0.15) is 42.5 Å². The van der Waals surface area contributed by atoms with Crippen molar-refractivity contribution >= 4 is 11.9 Å². The molecule has 0 bridgehead atoms. The molecule has 2 atom stereocenters. The van der Waals surface area contributed by atoms with Gasteiger partial charge in [-0.15, -0.1) is 0 Å². The minimum absolute atomic E-state index is 0.00183. The number of ether oxygens (including phenoxy) is 2. The molecule has 2 heterocycles. The number of benzene rings is 1. The Morgan fingerprint density at radius 2 is 1.85 bits per heavy atom. The second kappa shape index (κ2) is 7.89. The summed E-state index contributed by atoms with van der Waals surface area (Å²) < 4.78 is 11.6. The van der Waals surface area contributed by atoms with Gasteiger partial charge in [0.25, 0.3) is 5.91 Å². The molecule has 1 aliphatic carbocycles. The summed E-state index contributed by atoms with van der Waals surface area (Å²) in [6.07, 6.45) is 4.37. The molecule has 1 saturated carbocycles. The highest BCUT2D eigenvalue weighted by atomic mass is 16.5. The first-order chi connectivity index (χ1) is 13.1. The van der Waals surface area contributed by atoms with Crippen LogP contribution in [0.5, 0.6) is 5.75 Å². The number of nitrogens with zero attached hydrogens (tertiary/aromatic N) is 1. The molecule has 1 amide bonds. The minimum atomic E-state index is -0.766. The Morgan fingerprint density at radius 3 is 2.56 bits per heavy atom. The first-order valence-electron chi connectivity index (χ1n) is 9.99. The highest BCUT2D eigenvalue weighted by molar-refractivity contribution is 5.97. The molecule has 0 spiro atoms. The number of rotatable bonds is 6. The topological polar surface area (TPSA) is 76.1 Å². The Hall–Kier alpha value is -2.08. The lowest BCUT2D eigenvalue weighted by Gasteiger charge is -2.35. The molecule has 2 aliphatic heterocycles. The molecule has 0 aromatic heterocycles. The largest absolute Gasteiger partial charge is 0.492 e. The number of carboxylic acid groups (broad SMARTS) is 1. The maximum absolute atomic E-state index is 13.0. The number of hydrogen-bond donors (Lipinski definition) is 1. The third kappa shape index (κ3) is 4.10. The second-order valence-corrected chi connectivity index (χ2v) is 7.95. The van der Waals surface area contributed by atoms with E-state index in [1.165, 1.54) is 12.8 Å². The Balaban J connectivity index is 1.37. The van der Waals surface area contributed by atoms with E-state index >= 15 is 0 Å². The van der Waals surface area contributed by atoms with E-state index < -0.39 is 11.9 Å². The lowest BCUT2D eigenvalue weighted by atomic mass is 9.84. The molecule has 4 rings (SSSR count). The molecule has 2 saturated heterocycles. The Kier molecular flexibility index (Phi) is 5.34. The fraction of sp³-hybridized carbons (Fsp3) is 0.619. The highest BCUT2D eigenvalue weighted by Gasteiger charge is 2.41. The van der Waals surface area contributed by atoms with Gasteiger partial charge in [0, 0.05) is 19.7 Å². The average Bonchev–Trinajstić information content (AvgIpc) is 3.39. The van der Waals surface area contributed by atoms with Crippen LogP contribution in [-0.4, -0.2) is 54.3 Å². The van der Waals surface area contributed by atoms with Crippen LogP contribution in [0.2, 0.25) is 0 Å². The smallest absolute Gasteiger partial charge is 0.309 e. The van der Waals surface area contributed by atoms with Gasteiger partial charge in [-0.1, -0.05) is 12.1 Å². The standard InChI is InChI=1S/C21H27NO5/c23-20(16-3-1-2-4-18(16)27-13-14-5-6-14)22-10-7-15(8-11-22)19-17(21(24)25)9-12-26-19/h1-4,14-15,17,19H,5-13H2,(H,24,25)/t17?,19-/m0/s1. The van der Waals surface area contributed by atoms with E-state index in [1.54, 1.807) is 0 Å². The van der Waals surface area contributed by atoms with Crippen LogP contribution in [0.3, 0.4) is 0 Å². The van der Waals surface area contributed by atoms with Crippen LogP contribution in [0, 0.1) is 17.8 Å². The SMILES string of the molecule is O=C(O)C1CCO[C@H]1C1CCN(C(=O)c2ccccc2OCC2CC2)CC1. The molecule has 27 heavy (non-hydrogen) atoms. The van der Waals surface area contributed by atoms with Crippen LogP contribution in [0.15, 0.2) is 24.3 Å². The van der Waals surface area contributed by atoms with Gasteiger partial charge in [0.15, 0.2) is 0 Å². The summed E-state index contributed by atoms with van der Waals surface area (Å²) in [5.41, 5.74) is 0.622. The quantitative estimate of drug-likeness (QED) is 0.830. The third-order valence-electron chi connectivity index (χ3n) is 6.03. The second-order valence-electron chi connectivity index (χ2n) is 7.95. The summed E-state index contributed by atoms with van der Waals surface area (Å²) in [4.78, 5) is 26.3. The van der Waals surface area contributed by atoms with E-state index in [9.17, 15) is 14.7 Å². The van der Waals surface area contributed by atoms with Crippen molar-refractivity contribution in [1.82, 2.24) is 4.90 Å². The predicted octanol–water partition coefficient (Wildman–Crippen LogP) is 2.82. The highest BCUT2D eigenvalue weighted by Crippen LogP contribution is 2.34. The number of para-hydroxylation sites is 1. The fourth-order valence-corrected chi connectivity index (χ4v) is 4.20. The molecule has 0 radical (unpaired) electrons. The van der Waals surface area contributed by atoms with Gasteiger partial charge >= 0.3 is 5.97 Å².